The number of hydrogen-bond donors (Lipinski definition) is 1. The minimum Gasteiger partial charge on any atom is -0.335 e. The van der Waals surface area contributed by atoms with Gasteiger partial charge in [0.2, 0.25) is 0 Å². The summed E-state index contributed by atoms with van der Waals surface area (Å²) in [5.74, 6) is -0.977. The monoisotopic (exact) mass is 287 g/mol. The van der Waals surface area contributed by atoms with E-state index in [-0.39, 0.29) is 5.69 Å². The SMILES string of the molecule is C/C=C\N=C(C)c1ccnc(Nc2c(F)cccc2F)c1. The van der Waals surface area contributed by atoms with Crippen molar-refractivity contribution in [3.05, 3.63) is 66.0 Å². The second kappa shape index (κ2) is 6.74. The third-order valence-corrected chi connectivity index (χ3v) is 2.81. The molecule has 0 radical (unpaired) electrons. The normalized spacial score (nSPS) is 11.9. The van der Waals surface area contributed by atoms with Crippen molar-refractivity contribution in [1.29, 1.82) is 0 Å². The van der Waals surface area contributed by atoms with E-state index in [1.807, 2.05) is 19.9 Å². The average molecular weight is 287 g/mol. The fourth-order valence-electron chi connectivity index (χ4n) is 1.73. The highest BCUT2D eigenvalue weighted by molar-refractivity contribution is 5.99. The van der Waals surface area contributed by atoms with Crippen molar-refractivity contribution in [1.82, 2.24) is 4.98 Å². The summed E-state index contributed by atoms with van der Waals surface area (Å²) in [5.41, 5.74) is 1.39. The fourth-order valence-corrected chi connectivity index (χ4v) is 1.73. The molecule has 1 heterocycles. The van der Waals surface area contributed by atoms with Crippen LogP contribution in [0.5, 0.6) is 0 Å². The number of nitrogens with zero attached hydrogens (tertiary/aromatic N) is 2. The van der Waals surface area contributed by atoms with E-state index in [1.54, 1.807) is 24.5 Å². The molecule has 0 saturated heterocycles. The van der Waals surface area contributed by atoms with E-state index < -0.39 is 11.6 Å². The Bertz CT molecular complexity index is 673. The lowest BCUT2D eigenvalue weighted by Gasteiger charge is -2.09. The molecule has 108 valence electrons. The van der Waals surface area contributed by atoms with Crippen LogP contribution in [0.4, 0.5) is 20.3 Å². The molecule has 0 aliphatic rings. The largest absolute Gasteiger partial charge is 0.335 e. The highest BCUT2D eigenvalue weighted by atomic mass is 19.1. The van der Waals surface area contributed by atoms with Crippen molar-refractivity contribution >= 4 is 17.2 Å². The summed E-state index contributed by atoms with van der Waals surface area (Å²) in [6.45, 7) is 3.72. The number of allylic oxidation sites excluding steroid dienone is 1. The van der Waals surface area contributed by atoms with Crippen molar-refractivity contribution in [3.8, 4) is 0 Å². The Morgan fingerprint density at radius 1 is 1.24 bits per heavy atom. The number of hydrogen-bond acceptors (Lipinski definition) is 3. The molecule has 0 atom stereocenters. The highest BCUT2D eigenvalue weighted by Crippen LogP contribution is 2.22. The fraction of sp³-hybridized carbons (Fsp3) is 0.125. The summed E-state index contributed by atoms with van der Waals surface area (Å²) >= 11 is 0. The summed E-state index contributed by atoms with van der Waals surface area (Å²) in [4.78, 5) is 8.29. The van der Waals surface area contributed by atoms with Crippen LogP contribution in [0, 0.1) is 11.6 Å². The lowest BCUT2D eigenvalue weighted by molar-refractivity contribution is 0.590. The van der Waals surface area contributed by atoms with Crippen LogP contribution in [-0.2, 0) is 0 Å². The van der Waals surface area contributed by atoms with Gasteiger partial charge in [-0.05, 0) is 38.1 Å². The van der Waals surface area contributed by atoms with E-state index in [0.717, 1.165) is 11.3 Å². The molecule has 0 unspecified atom stereocenters. The second-order valence-corrected chi connectivity index (χ2v) is 4.35. The van der Waals surface area contributed by atoms with Gasteiger partial charge in [0.1, 0.15) is 23.1 Å². The number of nitrogens with one attached hydrogen (secondary N) is 1. The van der Waals surface area contributed by atoms with E-state index in [4.69, 9.17) is 0 Å². The number of anilines is 2. The number of aliphatic imine (C=N–C) groups is 1. The molecular weight excluding hydrogens is 272 g/mol. The van der Waals surface area contributed by atoms with E-state index in [1.165, 1.54) is 18.2 Å². The van der Waals surface area contributed by atoms with Crippen molar-refractivity contribution in [2.75, 3.05) is 5.32 Å². The molecule has 0 spiro atoms. The molecule has 5 heteroatoms. The van der Waals surface area contributed by atoms with Crippen LogP contribution in [0.15, 0.2) is 53.8 Å². The van der Waals surface area contributed by atoms with Crippen molar-refractivity contribution in [3.63, 3.8) is 0 Å². The molecule has 0 fully saturated rings. The first-order valence-corrected chi connectivity index (χ1v) is 6.45. The van der Waals surface area contributed by atoms with Crippen LogP contribution in [0.2, 0.25) is 0 Å². The lowest BCUT2D eigenvalue weighted by atomic mass is 10.2. The van der Waals surface area contributed by atoms with Gasteiger partial charge >= 0.3 is 0 Å². The molecule has 0 aliphatic heterocycles. The number of halogens is 2. The maximum atomic E-state index is 13.6. The molecule has 0 saturated carbocycles. The molecule has 2 rings (SSSR count). The van der Waals surface area contributed by atoms with Crippen LogP contribution in [0.3, 0.4) is 0 Å². The lowest BCUT2D eigenvalue weighted by Crippen LogP contribution is -2.01. The predicted molar refractivity (Wildman–Crippen MR) is 80.9 cm³/mol. The van der Waals surface area contributed by atoms with Crippen LogP contribution < -0.4 is 5.32 Å². The number of benzene rings is 1. The third-order valence-electron chi connectivity index (χ3n) is 2.81. The summed E-state index contributed by atoms with van der Waals surface area (Å²) in [5, 5.41) is 2.66. The quantitative estimate of drug-likeness (QED) is 0.844. The molecule has 1 N–H and O–H groups in total. The van der Waals surface area contributed by atoms with E-state index in [2.05, 4.69) is 15.3 Å². The van der Waals surface area contributed by atoms with Gasteiger partial charge in [-0.3, -0.25) is 4.99 Å². The third kappa shape index (κ3) is 3.72. The molecule has 1 aromatic heterocycles. The molecule has 0 amide bonds. The zero-order chi connectivity index (χ0) is 15.2. The minimum absolute atomic E-state index is 0.217. The van der Waals surface area contributed by atoms with E-state index in [9.17, 15) is 8.78 Å². The Morgan fingerprint density at radius 3 is 2.62 bits per heavy atom. The van der Waals surface area contributed by atoms with Gasteiger partial charge in [0.15, 0.2) is 0 Å². The van der Waals surface area contributed by atoms with Gasteiger partial charge in [0, 0.05) is 23.7 Å². The summed E-state index contributed by atoms with van der Waals surface area (Å²) in [6, 6.07) is 7.16. The Balaban J connectivity index is 2.30. The highest BCUT2D eigenvalue weighted by Gasteiger charge is 2.09. The molecule has 3 nitrogen and oxygen atoms in total. The topological polar surface area (TPSA) is 37.3 Å². The van der Waals surface area contributed by atoms with Gasteiger partial charge < -0.3 is 5.32 Å². The van der Waals surface area contributed by atoms with Crippen LogP contribution in [0.1, 0.15) is 19.4 Å². The summed E-state index contributed by atoms with van der Waals surface area (Å²) in [7, 11) is 0. The maximum Gasteiger partial charge on any atom is 0.149 e. The summed E-state index contributed by atoms with van der Waals surface area (Å²) < 4.78 is 27.2. The minimum atomic E-state index is -0.665. The predicted octanol–water partition coefficient (Wildman–Crippen LogP) is 4.45. The van der Waals surface area contributed by atoms with Crippen molar-refractivity contribution in [2.45, 2.75) is 13.8 Å². The first kappa shape index (κ1) is 14.8. The first-order valence-electron chi connectivity index (χ1n) is 6.45. The Morgan fingerprint density at radius 2 is 1.95 bits per heavy atom. The van der Waals surface area contributed by atoms with Gasteiger partial charge in [-0.2, -0.15) is 0 Å². The number of para-hydroxylation sites is 1. The molecule has 1 aromatic carbocycles. The molecule has 0 aliphatic carbocycles. The summed E-state index contributed by atoms with van der Waals surface area (Å²) in [6.07, 6.45) is 5.06. The van der Waals surface area contributed by atoms with Gasteiger partial charge in [-0.1, -0.05) is 12.1 Å². The van der Waals surface area contributed by atoms with Gasteiger partial charge in [0.05, 0.1) is 0 Å². The molecule has 21 heavy (non-hydrogen) atoms. The van der Waals surface area contributed by atoms with Crippen molar-refractivity contribution in [2.24, 2.45) is 4.99 Å². The molecule has 2 aromatic rings. The van der Waals surface area contributed by atoms with E-state index >= 15 is 0 Å². The Hall–Kier alpha value is -2.56. The molecular formula is C16H15F2N3. The smallest absolute Gasteiger partial charge is 0.149 e. The zero-order valence-electron chi connectivity index (χ0n) is 11.8. The maximum absolute atomic E-state index is 13.6. The second-order valence-electron chi connectivity index (χ2n) is 4.35. The zero-order valence-corrected chi connectivity index (χ0v) is 11.8. The van der Waals surface area contributed by atoms with Crippen LogP contribution in [-0.4, -0.2) is 10.7 Å². The van der Waals surface area contributed by atoms with Gasteiger partial charge in [0.25, 0.3) is 0 Å². The Kier molecular flexibility index (Phi) is 4.77. The van der Waals surface area contributed by atoms with Gasteiger partial charge in [-0.25, -0.2) is 13.8 Å². The average Bonchev–Trinajstić information content (AvgIpc) is 2.49. The number of aromatic nitrogens is 1. The number of pyridine rings is 1. The first-order chi connectivity index (χ1) is 10.1. The number of rotatable bonds is 4. The van der Waals surface area contributed by atoms with Crippen molar-refractivity contribution < 1.29 is 8.78 Å². The van der Waals surface area contributed by atoms with Crippen LogP contribution in [0.25, 0.3) is 0 Å². The van der Waals surface area contributed by atoms with Gasteiger partial charge in [-0.15, -0.1) is 0 Å². The van der Waals surface area contributed by atoms with E-state index in [0.29, 0.717) is 5.82 Å². The standard InChI is InChI=1S/C16H15F2N3/c1-3-8-19-11(2)12-7-9-20-15(10-12)21-16-13(17)5-4-6-14(16)18/h3-10H,1-2H3,(H,20,21)/b8-3-,19-11?. The van der Waals surface area contributed by atoms with Crippen LogP contribution >= 0.6 is 0 Å². The Labute approximate surface area is 122 Å². The molecule has 0 bridgehead atoms.